The number of carbonyl (C=O) groups excluding carboxylic acids is 2. The molecule has 2 aromatic carbocycles. The maximum absolute atomic E-state index is 13.4. The Morgan fingerprint density at radius 1 is 1.16 bits per heavy atom. The molecule has 0 spiro atoms. The average Bonchev–Trinajstić information content (AvgIpc) is 3.29. The summed E-state index contributed by atoms with van der Waals surface area (Å²) in [7, 11) is 0. The molecule has 5 nitrogen and oxygen atoms in total. The monoisotopic (exact) mass is 507 g/mol. The Hall–Kier alpha value is -2.77. The van der Waals surface area contributed by atoms with E-state index in [4.69, 9.17) is 4.99 Å². The predicted molar refractivity (Wildman–Crippen MR) is 134 cm³/mol. The average molecular weight is 508 g/mol. The first kappa shape index (κ1) is 21.1. The van der Waals surface area contributed by atoms with E-state index in [0.29, 0.717) is 22.8 Å². The lowest BCUT2D eigenvalue weighted by atomic mass is 9.95. The van der Waals surface area contributed by atoms with Crippen molar-refractivity contribution in [3.8, 4) is 0 Å². The molecule has 32 heavy (non-hydrogen) atoms. The fourth-order valence-electron chi connectivity index (χ4n) is 4.39. The van der Waals surface area contributed by atoms with Crippen molar-refractivity contribution in [3.05, 3.63) is 74.6 Å². The highest BCUT2D eigenvalue weighted by Crippen LogP contribution is 2.42. The fourth-order valence-corrected chi connectivity index (χ4v) is 6.01. The summed E-state index contributed by atoms with van der Waals surface area (Å²) in [6.45, 7) is 2.52. The Morgan fingerprint density at radius 2 is 1.94 bits per heavy atom. The van der Waals surface area contributed by atoms with E-state index in [1.807, 2.05) is 55.5 Å². The molecule has 0 unspecified atom stereocenters. The molecule has 1 aliphatic carbocycles. The molecule has 0 fully saturated rings. The summed E-state index contributed by atoms with van der Waals surface area (Å²) in [5, 5.41) is 3.64. The first-order valence-electron chi connectivity index (χ1n) is 10.8. The number of nitrogens with zero attached hydrogens (tertiary/aromatic N) is 2. The van der Waals surface area contributed by atoms with Crippen LogP contribution in [0.5, 0.6) is 0 Å². The molecular weight excluding hydrogens is 486 g/mol. The molecule has 5 rings (SSSR count). The van der Waals surface area contributed by atoms with E-state index in [2.05, 4.69) is 21.2 Å². The van der Waals surface area contributed by atoms with Crippen molar-refractivity contribution >= 4 is 61.2 Å². The van der Waals surface area contributed by atoms with Gasteiger partial charge in [0.05, 0.1) is 11.3 Å². The van der Waals surface area contributed by atoms with Gasteiger partial charge in [-0.1, -0.05) is 34.1 Å². The number of para-hydroxylation sites is 1. The molecule has 1 aliphatic heterocycles. The lowest BCUT2D eigenvalue weighted by Crippen LogP contribution is -2.29. The minimum absolute atomic E-state index is 0.124. The number of aliphatic imine (C=N–C) groups is 1. The predicted octanol–water partition coefficient (Wildman–Crippen LogP) is 6.13. The van der Waals surface area contributed by atoms with Crippen LogP contribution in [0.25, 0.3) is 0 Å². The largest absolute Gasteiger partial charge is 0.322 e. The molecule has 0 atom stereocenters. The summed E-state index contributed by atoms with van der Waals surface area (Å²) in [5.41, 5.74) is 4.50. The topological polar surface area (TPSA) is 61.8 Å². The number of likely N-dealkylation sites (N-methyl/N-ethyl adjacent to an activating group) is 1. The minimum Gasteiger partial charge on any atom is -0.322 e. The molecule has 2 amide bonds. The molecule has 2 aliphatic rings. The van der Waals surface area contributed by atoms with Crippen molar-refractivity contribution in [3.63, 3.8) is 0 Å². The van der Waals surface area contributed by atoms with Crippen molar-refractivity contribution < 1.29 is 9.59 Å². The van der Waals surface area contributed by atoms with Crippen LogP contribution in [-0.2, 0) is 17.6 Å². The molecule has 0 saturated carbocycles. The first-order chi connectivity index (χ1) is 15.6. The summed E-state index contributed by atoms with van der Waals surface area (Å²) in [6.07, 6.45) is 3.99. The Labute approximate surface area is 199 Å². The van der Waals surface area contributed by atoms with Gasteiger partial charge in [0.25, 0.3) is 11.8 Å². The van der Waals surface area contributed by atoms with E-state index in [-0.39, 0.29) is 11.8 Å². The minimum atomic E-state index is -0.165. The molecule has 7 heteroatoms. The van der Waals surface area contributed by atoms with Crippen LogP contribution < -0.4 is 10.2 Å². The van der Waals surface area contributed by atoms with Crippen LogP contribution in [0.2, 0.25) is 0 Å². The SMILES string of the molecule is CCN1C(=O)C(=Nc2sc3c(c2C(=O)Nc2ccccc2)CCCC3)c2cc(Br)ccc21. The van der Waals surface area contributed by atoms with E-state index < -0.39 is 0 Å². The van der Waals surface area contributed by atoms with Crippen LogP contribution in [0.1, 0.15) is 46.1 Å². The third kappa shape index (κ3) is 3.69. The van der Waals surface area contributed by atoms with Gasteiger partial charge in [-0.25, -0.2) is 4.99 Å². The number of fused-ring (bicyclic) bond motifs is 2. The molecule has 0 bridgehead atoms. The van der Waals surface area contributed by atoms with Crippen LogP contribution in [-0.4, -0.2) is 24.1 Å². The highest BCUT2D eigenvalue weighted by molar-refractivity contribution is 9.10. The van der Waals surface area contributed by atoms with Gasteiger partial charge in [0.2, 0.25) is 0 Å². The van der Waals surface area contributed by atoms with Gasteiger partial charge in [-0.2, -0.15) is 0 Å². The Kier molecular flexibility index (Phi) is 5.69. The first-order valence-corrected chi connectivity index (χ1v) is 12.4. The number of benzene rings is 2. The number of halogens is 1. The van der Waals surface area contributed by atoms with Gasteiger partial charge in [-0.05, 0) is 68.5 Å². The van der Waals surface area contributed by atoms with Crippen molar-refractivity contribution in [2.75, 3.05) is 16.8 Å². The highest BCUT2D eigenvalue weighted by Gasteiger charge is 2.34. The van der Waals surface area contributed by atoms with E-state index in [0.717, 1.165) is 52.7 Å². The lowest BCUT2D eigenvalue weighted by Gasteiger charge is -2.13. The van der Waals surface area contributed by atoms with Gasteiger partial charge in [-0.3, -0.25) is 9.59 Å². The van der Waals surface area contributed by atoms with Crippen LogP contribution in [0.3, 0.4) is 0 Å². The third-order valence-corrected chi connectivity index (χ3v) is 7.57. The van der Waals surface area contributed by atoms with Gasteiger partial charge >= 0.3 is 0 Å². The van der Waals surface area contributed by atoms with Crippen LogP contribution in [0.4, 0.5) is 16.4 Å². The number of nitrogens with one attached hydrogen (secondary N) is 1. The molecule has 0 saturated heterocycles. The Morgan fingerprint density at radius 3 is 2.72 bits per heavy atom. The van der Waals surface area contributed by atoms with E-state index in [1.165, 1.54) is 4.88 Å². The summed E-state index contributed by atoms with van der Waals surface area (Å²) in [5.74, 6) is -0.288. The highest BCUT2D eigenvalue weighted by atomic mass is 79.9. The number of carbonyl (C=O) groups is 2. The maximum Gasteiger partial charge on any atom is 0.277 e. The van der Waals surface area contributed by atoms with E-state index in [9.17, 15) is 9.59 Å². The molecule has 2 heterocycles. The third-order valence-electron chi connectivity index (χ3n) is 5.89. The van der Waals surface area contributed by atoms with Crippen molar-refractivity contribution in [1.29, 1.82) is 0 Å². The number of rotatable bonds is 4. The molecular formula is C25H22BrN3O2S. The summed E-state index contributed by atoms with van der Waals surface area (Å²) in [4.78, 5) is 34.4. The number of hydrogen-bond acceptors (Lipinski definition) is 4. The molecule has 162 valence electrons. The van der Waals surface area contributed by atoms with E-state index >= 15 is 0 Å². The summed E-state index contributed by atoms with van der Waals surface area (Å²) in [6, 6.07) is 15.2. The summed E-state index contributed by atoms with van der Waals surface area (Å²) >= 11 is 5.06. The second-order valence-electron chi connectivity index (χ2n) is 7.88. The Bertz CT molecular complexity index is 1250. The van der Waals surface area contributed by atoms with Gasteiger partial charge < -0.3 is 10.2 Å². The molecule has 1 N–H and O–H groups in total. The quantitative estimate of drug-likeness (QED) is 0.461. The zero-order valence-electron chi connectivity index (χ0n) is 17.7. The molecule has 1 aromatic heterocycles. The molecule has 0 radical (unpaired) electrons. The lowest BCUT2D eigenvalue weighted by molar-refractivity contribution is -0.112. The normalized spacial score (nSPS) is 16.2. The fraction of sp³-hybridized carbons (Fsp3) is 0.240. The van der Waals surface area contributed by atoms with Crippen molar-refractivity contribution in [2.24, 2.45) is 4.99 Å². The number of hydrogen-bond donors (Lipinski definition) is 1. The number of amides is 2. The van der Waals surface area contributed by atoms with Crippen molar-refractivity contribution in [1.82, 2.24) is 0 Å². The second kappa shape index (κ2) is 8.64. The van der Waals surface area contributed by atoms with Crippen LogP contribution in [0.15, 0.2) is 58.0 Å². The zero-order chi connectivity index (χ0) is 22.2. The van der Waals surface area contributed by atoms with Crippen molar-refractivity contribution in [2.45, 2.75) is 32.6 Å². The van der Waals surface area contributed by atoms with Crippen LogP contribution >= 0.6 is 27.3 Å². The summed E-state index contributed by atoms with van der Waals surface area (Å²) < 4.78 is 0.891. The standard InChI is InChI=1S/C25H22BrN3O2S/c1-2-29-19-13-12-15(26)14-18(19)22(25(29)31)28-24-21(17-10-6-7-11-20(17)32-24)23(30)27-16-8-4-3-5-9-16/h3-5,8-9,12-14H,2,6-7,10-11H2,1H3,(H,27,30). The number of aryl methyl sites for hydroxylation is 1. The van der Waals surface area contributed by atoms with Gasteiger partial charge in [-0.15, -0.1) is 11.3 Å². The second-order valence-corrected chi connectivity index (χ2v) is 9.88. The number of thiophene rings is 1. The molecule has 3 aromatic rings. The smallest absolute Gasteiger partial charge is 0.277 e. The number of anilines is 2. The van der Waals surface area contributed by atoms with Gasteiger partial charge in [0, 0.05) is 27.1 Å². The maximum atomic E-state index is 13.4. The van der Waals surface area contributed by atoms with Gasteiger partial charge in [0.15, 0.2) is 0 Å². The van der Waals surface area contributed by atoms with Crippen LogP contribution in [0, 0.1) is 0 Å². The van der Waals surface area contributed by atoms with E-state index in [1.54, 1.807) is 16.2 Å². The Balaban J connectivity index is 1.62. The zero-order valence-corrected chi connectivity index (χ0v) is 20.1. The van der Waals surface area contributed by atoms with Gasteiger partial charge in [0.1, 0.15) is 10.7 Å².